The van der Waals surface area contributed by atoms with Crippen LogP contribution in [0.5, 0.6) is 5.75 Å². The number of rotatable bonds is 3. The van der Waals surface area contributed by atoms with E-state index in [2.05, 4.69) is 67.8 Å². The minimum absolute atomic E-state index is 0.160. The Balaban J connectivity index is 2.87. The predicted molar refractivity (Wildman–Crippen MR) is 85.1 cm³/mol. The van der Waals surface area contributed by atoms with E-state index < -0.39 is 0 Å². The number of benzene rings is 1. The largest absolute Gasteiger partial charge is 0.425 e. The molecule has 1 aromatic rings. The molecule has 0 radical (unpaired) electrons. The number of esters is 1. The normalized spacial score (nSPS) is 10.1. The molecule has 5 heteroatoms. The van der Waals surface area contributed by atoms with Crippen LogP contribution >= 0.6 is 67.8 Å². The summed E-state index contributed by atoms with van der Waals surface area (Å²) in [4.78, 5) is 11.3. The molecule has 2 nitrogen and oxygen atoms in total. The quantitative estimate of drug-likeness (QED) is 0.248. The second-order valence-corrected chi connectivity index (χ2v) is 6.22. The monoisotopic (exact) mass is 542 g/mol. The fourth-order valence-electron chi connectivity index (χ4n) is 0.965. The minimum atomic E-state index is -0.160. The summed E-state index contributed by atoms with van der Waals surface area (Å²) in [5, 5.41) is 0. The van der Waals surface area contributed by atoms with Crippen LogP contribution in [0.1, 0.15) is 19.8 Å². The third kappa shape index (κ3) is 3.99. The first-order valence-corrected chi connectivity index (χ1v) is 7.64. The van der Waals surface area contributed by atoms with Crippen LogP contribution in [0.4, 0.5) is 0 Å². The number of carbonyl (C=O) groups excluding carboxylic acids is 1. The first-order chi connectivity index (χ1) is 7.06. The maximum Gasteiger partial charge on any atom is 0.311 e. The van der Waals surface area contributed by atoms with Crippen molar-refractivity contribution in [3.63, 3.8) is 0 Å². The predicted octanol–water partition coefficient (Wildman–Crippen LogP) is 4.21. The first-order valence-electron chi connectivity index (χ1n) is 4.40. The van der Waals surface area contributed by atoms with E-state index >= 15 is 0 Å². The zero-order valence-electron chi connectivity index (χ0n) is 8.02. The van der Waals surface area contributed by atoms with E-state index in [-0.39, 0.29) is 5.97 Å². The van der Waals surface area contributed by atoms with Crippen LogP contribution in [0.2, 0.25) is 0 Å². The zero-order chi connectivity index (χ0) is 11.4. The molecule has 0 amide bonds. The van der Waals surface area contributed by atoms with Crippen molar-refractivity contribution in [3.8, 4) is 5.75 Å². The van der Waals surface area contributed by atoms with E-state index in [1.807, 2.05) is 19.1 Å². The van der Waals surface area contributed by atoms with Crippen LogP contribution in [0, 0.1) is 10.7 Å². The topological polar surface area (TPSA) is 26.3 Å². The van der Waals surface area contributed by atoms with Gasteiger partial charge in [0.15, 0.2) is 0 Å². The Hall–Kier alpha value is 0.880. The van der Waals surface area contributed by atoms with Gasteiger partial charge in [-0.15, -0.1) is 0 Å². The number of halogens is 3. The highest BCUT2D eigenvalue weighted by Crippen LogP contribution is 2.29. The molecule has 82 valence electrons. The Labute approximate surface area is 130 Å². The van der Waals surface area contributed by atoms with Gasteiger partial charge >= 0.3 is 5.97 Å². The molecule has 15 heavy (non-hydrogen) atoms. The van der Waals surface area contributed by atoms with Crippen molar-refractivity contribution >= 4 is 73.7 Å². The van der Waals surface area contributed by atoms with Gasteiger partial charge in [0, 0.05) is 13.6 Å². The van der Waals surface area contributed by atoms with Gasteiger partial charge in [-0.25, -0.2) is 0 Å². The molecular weight excluding hydrogens is 533 g/mol. The van der Waals surface area contributed by atoms with Crippen molar-refractivity contribution in [1.82, 2.24) is 0 Å². The van der Waals surface area contributed by atoms with E-state index in [1.165, 1.54) is 3.57 Å². The van der Waals surface area contributed by atoms with Crippen molar-refractivity contribution in [3.05, 3.63) is 22.8 Å². The van der Waals surface area contributed by atoms with E-state index in [0.717, 1.165) is 13.6 Å². The summed E-state index contributed by atoms with van der Waals surface area (Å²) in [6.07, 6.45) is 1.29. The summed E-state index contributed by atoms with van der Waals surface area (Å²) in [7, 11) is 0. The second kappa shape index (κ2) is 6.58. The van der Waals surface area contributed by atoms with Crippen LogP contribution < -0.4 is 4.74 Å². The van der Waals surface area contributed by atoms with Crippen molar-refractivity contribution < 1.29 is 9.53 Å². The minimum Gasteiger partial charge on any atom is -0.425 e. The van der Waals surface area contributed by atoms with Gasteiger partial charge in [-0.2, -0.15) is 0 Å². The first kappa shape index (κ1) is 13.9. The van der Waals surface area contributed by atoms with Crippen LogP contribution in [0.25, 0.3) is 0 Å². The van der Waals surface area contributed by atoms with Crippen LogP contribution in [-0.2, 0) is 4.79 Å². The highest BCUT2D eigenvalue weighted by Gasteiger charge is 2.11. The van der Waals surface area contributed by atoms with Crippen LogP contribution in [0.3, 0.4) is 0 Å². The number of carbonyl (C=O) groups is 1. The van der Waals surface area contributed by atoms with E-state index in [1.54, 1.807) is 0 Å². The highest BCUT2D eigenvalue weighted by atomic mass is 127. The van der Waals surface area contributed by atoms with Crippen molar-refractivity contribution in [2.45, 2.75) is 19.8 Å². The molecule has 0 aliphatic heterocycles. The van der Waals surface area contributed by atoms with Gasteiger partial charge < -0.3 is 4.74 Å². The smallest absolute Gasteiger partial charge is 0.311 e. The van der Waals surface area contributed by atoms with Gasteiger partial charge in [0.1, 0.15) is 5.75 Å². The lowest BCUT2D eigenvalue weighted by atomic mass is 10.3. The third-order valence-electron chi connectivity index (χ3n) is 1.68. The number of ether oxygens (including phenoxy) is 1. The molecular formula is C10H9I3O2. The van der Waals surface area contributed by atoms with Crippen LogP contribution in [0.15, 0.2) is 12.1 Å². The summed E-state index contributed by atoms with van der Waals surface area (Å²) in [5.41, 5.74) is 0. The fraction of sp³-hybridized carbons (Fsp3) is 0.300. The Kier molecular flexibility index (Phi) is 6.11. The molecule has 1 aromatic carbocycles. The Morgan fingerprint density at radius 1 is 1.27 bits per heavy atom. The van der Waals surface area contributed by atoms with Gasteiger partial charge in [-0.05, 0) is 86.3 Å². The molecule has 0 fully saturated rings. The average Bonchev–Trinajstić information content (AvgIpc) is 2.20. The lowest BCUT2D eigenvalue weighted by molar-refractivity contribution is -0.134. The summed E-state index contributed by atoms with van der Waals surface area (Å²) < 4.78 is 8.58. The summed E-state index contributed by atoms with van der Waals surface area (Å²) in [6, 6.07) is 3.80. The molecule has 0 aliphatic carbocycles. The Bertz CT molecular complexity index is 377. The molecule has 0 unspecified atom stereocenters. The van der Waals surface area contributed by atoms with Crippen LogP contribution in [-0.4, -0.2) is 5.97 Å². The van der Waals surface area contributed by atoms with E-state index in [0.29, 0.717) is 12.2 Å². The molecule has 0 aliphatic rings. The summed E-state index contributed by atoms with van der Waals surface area (Å²) in [5.74, 6) is 0.506. The summed E-state index contributed by atoms with van der Waals surface area (Å²) in [6.45, 7) is 1.96. The molecule has 0 aromatic heterocycles. The number of hydrogen-bond acceptors (Lipinski definition) is 2. The molecule has 0 spiro atoms. The van der Waals surface area contributed by atoms with Gasteiger partial charge in [0.05, 0.1) is 3.57 Å². The molecule has 0 N–H and O–H groups in total. The Morgan fingerprint density at radius 3 is 2.53 bits per heavy atom. The van der Waals surface area contributed by atoms with Gasteiger partial charge in [-0.3, -0.25) is 4.79 Å². The van der Waals surface area contributed by atoms with Gasteiger partial charge in [-0.1, -0.05) is 6.92 Å². The maximum atomic E-state index is 11.3. The third-order valence-corrected chi connectivity index (χ3v) is 6.83. The highest BCUT2D eigenvalue weighted by molar-refractivity contribution is 14.1. The van der Waals surface area contributed by atoms with Crippen molar-refractivity contribution in [2.24, 2.45) is 0 Å². The number of hydrogen-bond donors (Lipinski definition) is 0. The zero-order valence-corrected chi connectivity index (χ0v) is 14.5. The molecule has 0 saturated carbocycles. The lowest BCUT2D eigenvalue weighted by Gasteiger charge is -2.08. The SMILES string of the molecule is CCCC(=O)Oc1ccc(I)c(I)c1I. The van der Waals surface area contributed by atoms with Crippen molar-refractivity contribution in [1.29, 1.82) is 0 Å². The molecule has 0 atom stereocenters. The lowest BCUT2D eigenvalue weighted by Crippen LogP contribution is -2.08. The molecule has 0 bridgehead atoms. The van der Waals surface area contributed by atoms with Gasteiger partial charge in [0.25, 0.3) is 0 Å². The Morgan fingerprint density at radius 2 is 1.93 bits per heavy atom. The average molecular weight is 542 g/mol. The fourth-order valence-corrected chi connectivity index (χ4v) is 2.96. The summed E-state index contributed by atoms with van der Waals surface area (Å²) >= 11 is 6.72. The standard InChI is InChI=1S/C10H9I3O2/c1-2-3-8(14)15-7-5-4-6(11)9(12)10(7)13/h4-5H,2-3H2,1H3. The van der Waals surface area contributed by atoms with E-state index in [9.17, 15) is 4.79 Å². The molecule has 0 heterocycles. The molecule has 0 saturated heterocycles. The molecule has 1 rings (SSSR count). The van der Waals surface area contributed by atoms with Crippen molar-refractivity contribution in [2.75, 3.05) is 0 Å². The van der Waals surface area contributed by atoms with Gasteiger partial charge in [0.2, 0.25) is 0 Å². The second-order valence-electron chi connectivity index (χ2n) is 2.90. The van der Waals surface area contributed by atoms with E-state index in [4.69, 9.17) is 4.74 Å². The maximum absolute atomic E-state index is 11.3.